The van der Waals surface area contributed by atoms with E-state index >= 15 is 0 Å². The molecule has 0 spiro atoms. The number of hydrogen-bond donors (Lipinski definition) is 0. The lowest BCUT2D eigenvalue weighted by molar-refractivity contribution is 0.0735. The molecule has 3 aromatic rings. The molecule has 1 aliphatic heterocycles. The molecule has 3 heterocycles. The number of pyridine rings is 1. The summed E-state index contributed by atoms with van der Waals surface area (Å²) >= 11 is 0. The number of rotatable bonds is 4. The number of hydrogen-bond acceptors (Lipinski definition) is 5. The molecule has 1 amide bonds. The number of ether oxygens (including phenoxy) is 2. The fourth-order valence-corrected chi connectivity index (χ4v) is 4.33. The number of likely N-dealkylation sites (tertiary alicyclic amines) is 1. The number of carbonyl (C=O) groups excluding carboxylic acids is 1. The minimum Gasteiger partial charge on any atom is -0.497 e. The average Bonchev–Trinajstić information content (AvgIpc) is 3.31. The molecule has 29 heavy (non-hydrogen) atoms. The highest BCUT2D eigenvalue weighted by molar-refractivity contribution is 6.06. The van der Waals surface area contributed by atoms with Gasteiger partial charge in [0.1, 0.15) is 11.5 Å². The summed E-state index contributed by atoms with van der Waals surface area (Å²) in [4.78, 5) is 20.2. The Morgan fingerprint density at radius 1 is 1.17 bits per heavy atom. The van der Waals surface area contributed by atoms with Crippen molar-refractivity contribution in [2.75, 3.05) is 20.8 Å². The van der Waals surface area contributed by atoms with Crippen LogP contribution in [0.15, 0.2) is 24.3 Å². The molecule has 4 rings (SSSR count). The van der Waals surface area contributed by atoms with E-state index in [4.69, 9.17) is 9.47 Å². The van der Waals surface area contributed by atoms with E-state index in [1.54, 1.807) is 18.9 Å². The fourth-order valence-electron chi connectivity index (χ4n) is 4.33. The van der Waals surface area contributed by atoms with Crippen LogP contribution in [-0.4, -0.2) is 46.3 Å². The van der Waals surface area contributed by atoms with E-state index in [0.29, 0.717) is 12.1 Å². The Morgan fingerprint density at radius 3 is 2.69 bits per heavy atom. The van der Waals surface area contributed by atoms with Crippen molar-refractivity contribution >= 4 is 16.9 Å². The molecular formula is C22H26N4O3. The lowest BCUT2D eigenvalue weighted by atomic mass is 10.0. The van der Waals surface area contributed by atoms with Gasteiger partial charge in [-0.3, -0.25) is 9.48 Å². The van der Waals surface area contributed by atoms with Crippen molar-refractivity contribution in [3.05, 3.63) is 46.8 Å². The number of aryl methyl sites for hydroxylation is 3. The number of amides is 1. The van der Waals surface area contributed by atoms with Crippen LogP contribution >= 0.6 is 0 Å². The van der Waals surface area contributed by atoms with E-state index in [1.807, 2.05) is 50.1 Å². The second-order valence-electron chi connectivity index (χ2n) is 7.48. The molecule has 0 radical (unpaired) electrons. The van der Waals surface area contributed by atoms with Crippen molar-refractivity contribution in [3.63, 3.8) is 0 Å². The van der Waals surface area contributed by atoms with Crippen molar-refractivity contribution in [1.29, 1.82) is 0 Å². The predicted molar refractivity (Wildman–Crippen MR) is 111 cm³/mol. The van der Waals surface area contributed by atoms with Crippen LogP contribution in [0.3, 0.4) is 0 Å². The highest BCUT2D eigenvalue weighted by Crippen LogP contribution is 2.40. The molecule has 7 heteroatoms. The van der Waals surface area contributed by atoms with Gasteiger partial charge in [-0.25, -0.2) is 4.98 Å². The van der Waals surface area contributed by atoms with Crippen LogP contribution in [0.1, 0.15) is 46.2 Å². The third-order valence-corrected chi connectivity index (χ3v) is 5.64. The van der Waals surface area contributed by atoms with E-state index in [1.165, 1.54) is 0 Å². The minimum absolute atomic E-state index is 0.00368. The smallest absolute Gasteiger partial charge is 0.255 e. The van der Waals surface area contributed by atoms with Gasteiger partial charge >= 0.3 is 0 Å². The number of benzene rings is 1. The van der Waals surface area contributed by atoms with Crippen LogP contribution in [-0.2, 0) is 7.05 Å². The molecule has 0 saturated carbocycles. The predicted octanol–water partition coefficient (Wildman–Crippen LogP) is 3.58. The molecule has 2 aromatic heterocycles. The van der Waals surface area contributed by atoms with E-state index in [-0.39, 0.29) is 11.9 Å². The quantitative estimate of drug-likeness (QED) is 0.676. The maximum atomic E-state index is 13.7. The van der Waals surface area contributed by atoms with Gasteiger partial charge in [-0.2, -0.15) is 5.10 Å². The lowest BCUT2D eigenvalue weighted by Gasteiger charge is -2.27. The Hall–Kier alpha value is -3.09. The van der Waals surface area contributed by atoms with Crippen LogP contribution in [0.2, 0.25) is 0 Å². The van der Waals surface area contributed by atoms with Crippen LogP contribution in [0.5, 0.6) is 11.5 Å². The van der Waals surface area contributed by atoms with Gasteiger partial charge in [-0.05, 0) is 51.0 Å². The number of fused-ring (bicyclic) bond motifs is 1. The Kier molecular flexibility index (Phi) is 4.90. The van der Waals surface area contributed by atoms with Gasteiger partial charge < -0.3 is 14.4 Å². The van der Waals surface area contributed by atoms with Crippen LogP contribution in [0.25, 0.3) is 11.0 Å². The zero-order chi connectivity index (χ0) is 20.7. The largest absolute Gasteiger partial charge is 0.497 e. The number of carbonyl (C=O) groups is 1. The summed E-state index contributed by atoms with van der Waals surface area (Å²) in [5, 5.41) is 5.30. The van der Waals surface area contributed by atoms with Gasteiger partial charge in [0, 0.05) is 24.8 Å². The maximum Gasteiger partial charge on any atom is 0.255 e. The normalized spacial score (nSPS) is 16.4. The van der Waals surface area contributed by atoms with E-state index in [0.717, 1.165) is 52.3 Å². The van der Waals surface area contributed by atoms with Crippen molar-refractivity contribution in [2.45, 2.75) is 32.7 Å². The van der Waals surface area contributed by atoms with E-state index in [2.05, 4.69) is 10.1 Å². The molecular weight excluding hydrogens is 368 g/mol. The van der Waals surface area contributed by atoms with Gasteiger partial charge in [0.2, 0.25) is 0 Å². The molecule has 0 aliphatic carbocycles. The molecule has 1 aliphatic rings. The Morgan fingerprint density at radius 2 is 1.97 bits per heavy atom. The Bertz CT molecular complexity index is 1090. The Labute approximate surface area is 170 Å². The van der Waals surface area contributed by atoms with Crippen LogP contribution in [0.4, 0.5) is 0 Å². The number of methoxy groups -OCH3 is 2. The Balaban J connectivity index is 1.80. The molecule has 0 N–H and O–H groups in total. The maximum absolute atomic E-state index is 13.7. The van der Waals surface area contributed by atoms with Gasteiger partial charge in [0.25, 0.3) is 5.91 Å². The highest BCUT2D eigenvalue weighted by atomic mass is 16.5. The second kappa shape index (κ2) is 7.39. The summed E-state index contributed by atoms with van der Waals surface area (Å²) in [6.45, 7) is 4.53. The molecule has 1 aromatic carbocycles. The topological polar surface area (TPSA) is 69.5 Å². The molecule has 1 atom stereocenters. The van der Waals surface area contributed by atoms with E-state index in [9.17, 15) is 4.79 Å². The second-order valence-corrected chi connectivity index (χ2v) is 7.48. The van der Waals surface area contributed by atoms with Gasteiger partial charge in [-0.15, -0.1) is 0 Å². The van der Waals surface area contributed by atoms with Gasteiger partial charge in [0.05, 0.1) is 36.9 Å². The molecule has 0 unspecified atom stereocenters. The molecule has 0 bridgehead atoms. The number of aromatic nitrogens is 3. The summed E-state index contributed by atoms with van der Waals surface area (Å²) in [6, 6.07) is 7.55. The first kappa shape index (κ1) is 19.2. The minimum atomic E-state index is -0.0620. The summed E-state index contributed by atoms with van der Waals surface area (Å²) in [5.74, 6) is 1.53. The lowest BCUT2D eigenvalue weighted by Crippen LogP contribution is -2.31. The zero-order valence-electron chi connectivity index (χ0n) is 17.5. The first-order chi connectivity index (χ1) is 13.9. The van der Waals surface area contributed by atoms with Crippen molar-refractivity contribution in [1.82, 2.24) is 19.7 Å². The molecule has 152 valence electrons. The third kappa shape index (κ3) is 3.20. The zero-order valence-corrected chi connectivity index (χ0v) is 17.5. The standard InChI is InChI=1S/C22H26N4O3/c1-13-11-17(20-14(2)24-25(3)21(20)23-13)22(27)26-10-6-7-18(26)16-12-15(28-4)8-9-19(16)29-5/h8-9,11-12,18H,6-7,10H2,1-5H3/t18-/m1/s1. The van der Waals surface area contributed by atoms with E-state index < -0.39 is 0 Å². The average molecular weight is 394 g/mol. The van der Waals surface area contributed by atoms with Crippen molar-refractivity contribution < 1.29 is 14.3 Å². The van der Waals surface area contributed by atoms with Crippen LogP contribution < -0.4 is 9.47 Å². The molecule has 7 nitrogen and oxygen atoms in total. The number of nitrogens with zero attached hydrogens (tertiary/aromatic N) is 4. The fraction of sp³-hybridized carbons (Fsp3) is 0.409. The van der Waals surface area contributed by atoms with Crippen molar-refractivity contribution in [3.8, 4) is 11.5 Å². The molecule has 1 fully saturated rings. The summed E-state index contributed by atoms with van der Waals surface area (Å²) in [7, 11) is 5.15. The van der Waals surface area contributed by atoms with Gasteiger partial charge in [0.15, 0.2) is 5.65 Å². The monoisotopic (exact) mass is 394 g/mol. The molecule has 1 saturated heterocycles. The van der Waals surface area contributed by atoms with Gasteiger partial charge in [-0.1, -0.05) is 0 Å². The van der Waals surface area contributed by atoms with Crippen molar-refractivity contribution in [2.24, 2.45) is 7.05 Å². The highest BCUT2D eigenvalue weighted by Gasteiger charge is 2.34. The first-order valence-corrected chi connectivity index (χ1v) is 9.78. The summed E-state index contributed by atoms with van der Waals surface area (Å²) in [5.41, 5.74) is 3.99. The summed E-state index contributed by atoms with van der Waals surface area (Å²) < 4.78 is 12.7. The first-order valence-electron chi connectivity index (χ1n) is 9.78. The van der Waals surface area contributed by atoms with Crippen LogP contribution in [0, 0.1) is 13.8 Å². The summed E-state index contributed by atoms with van der Waals surface area (Å²) in [6.07, 6.45) is 1.82. The SMILES string of the molecule is COc1ccc(OC)c([C@H]2CCCN2C(=O)c2cc(C)nc3c2c(C)nn3C)c1. The third-order valence-electron chi connectivity index (χ3n) is 5.64.